The zero-order valence-electron chi connectivity index (χ0n) is 13.0. The highest BCUT2D eigenvalue weighted by atomic mass is 32.2. The summed E-state index contributed by atoms with van der Waals surface area (Å²) in [5.74, 6) is -0.0609. The van der Waals surface area contributed by atoms with Gasteiger partial charge in [0.1, 0.15) is 24.8 Å². The molecule has 0 aliphatic carbocycles. The Kier molecular flexibility index (Phi) is 4.80. The van der Waals surface area contributed by atoms with Gasteiger partial charge in [0, 0.05) is 12.5 Å². The molecule has 128 valence electrons. The number of rotatable bonds is 6. The Morgan fingerprint density at radius 3 is 2.64 bits per heavy atom. The quantitative estimate of drug-likeness (QED) is 0.694. The van der Waals surface area contributed by atoms with Crippen LogP contribution in [0.5, 0.6) is 0 Å². The fraction of sp³-hybridized carbons (Fsp3) is 0.133. The van der Waals surface area contributed by atoms with Crippen LogP contribution < -0.4 is 5.32 Å². The molecule has 25 heavy (non-hydrogen) atoms. The van der Waals surface area contributed by atoms with Crippen LogP contribution in [0.25, 0.3) is 5.82 Å². The fourth-order valence-electron chi connectivity index (χ4n) is 2.05. The fourth-order valence-corrected chi connectivity index (χ4v) is 3.31. The lowest BCUT2D eigenvalue weighted by molar-refractivity contribution is -0.115. The van der Waals surface area contributed by atoms with Crippen molar-refractivity contribution in [1.29, 1.82) is 0 Å². The van der Waals surface area contributed by atoms with E-state index in [4.69, 9.17) is 0 Å². The Morgan fingerprint density at radius 1 is 1.12 bits per heavy atom. The molecule has 0 aliphatic rings. The van der Waals surface area contributed by atoms with Crippen LogP contribution in [0.15, 0.2) is 60.3 Å². The van der Waals surface area contributed by atoms with E-state index < -0.39 is 15.7 Å². The largest absolute Gasteiger partial charge is 0.311 e. The molecule has 1 N–H and O–H groups in total. The number of nitrogens with zero attached hydrogens (tertiary/aromatic N) is 5. The van der Waals surface area contributed by atoms with Crippen LogP contribution in [0.3, 0.4) is 0 Å². The molecule has 2 aromatic heterocycles. The van der Waals surface area contributed by atoms with Crippen molar-refractivity contribution < 1.29 is 13.2 Å². The van der Waals surface area contributed by atoms with Crippen LogP contribution in [-0.2, 0) is 14.6 Å². The number of nitrogens with one attached hydrogen (secondary N) is 1. The summed E-state index contributed by atoms with van der Waals surface area (Å²) in [6.45, 7) is 0. The van der Waals surface area contributed by atoms with Crippen LogP contribution in [0, 0.1) is 0 Å². The Hall–Kier alpha value is -3.14. The second-order valence-electron chi connectivity index (χ2n) is 5.03. The lowest BCUT2D eigenvalue weighted by atomic mass is 10.4. The maximum absolute atomic E-state index is 12.2. The number of hydrogen-bond acceptors (Lipinski definition) is 7. The predicted molar refractivity (Wildman–Crippen MR) is 88.7 cm³/mol. The molecule has 10 heteroatoms. The van der Waals surface area contributed by atoms with Crippen molar-refractivity contribution in [2.45, 2.75) is 11.3 Å². The van der Waals surface area contributed by atoms with Crippen molar-refractivity contribution in [3.05, 3.63) is 55.4 Å². The van der Waals surface area contributed by atoms with Gasteiger partial charge in [0.2, 0.25) is 5.91 Å². The maximum Gasteiger partial charge on any atom is 0.226 e. The van der Waals surface area contributed by atoms with E-state index >= 15 is 0 Å². The maximum atomic E-state index is 12.2. The molecule has 0 radical (unpaired) electrons. The van der Waals surface area contributed by atoms with Crippen molar-refractivity contribution in [3.63, 3.8) is 0 Å². The monoisotopic (exact) mass is 358 g/mol. The van der Waals surface area contributed by atoms with Gasteiger partial charge >= 0.3 is 0 Å². The summed E-state index contributed by atoms with van der Waals surface area (Å²) in [7, 11) is -3.51. The first-order chi connectivity index (χ1) is 12.0. The number of hydrogen-bond donors (Lipinski definition) is 1. The first-order valence-electron chi connectivity index (χ1n) is 7.29. The molecule has 3 rings (SSSR count). The SMILES string of the molecule is O=C(CCS(=O)(=O)c1ccccc1)Nc1cc(-n2cncn2)ncn1. The molecular weight excluding hydrogens is 344 g/mol. The van der Waals surface area contributed by atoms with E-state index in [1.165, 1.54) is 41.9 Å². The average molecular weight is 358 g/mol. The minimum Gasteiger partial charge on any atom is -0.311 e. The minimum atomic E-state index is -3.51. The standard InChI is InChI=1S/C15H14N6O3S/c22-15(6-7-25(23,24)12-4-2-1-3-5-12)20-13-8-14(18-10-17-13)21-11-16-9-19-21/h1-5,8-11H,6-7H2,(H,17,18,20,22). The van der Waals surface area contributed by atoms with Crippen LogP contribution in [0.1, 0.15) is 6.42 Å². The lowest BCUT2D eigenvalue weighted by Crippen LogP contribution is -2.18. The van der Waals surface area contributed by atoms with Crippen molar-refractivity contribution in [3.8, 4) is 5.82 Å². The number of sulfone groups is 1. The highest BCUT2D eigenvalue weighted by molar-refractivity contribution is 7.91. The highest BCUT2D eigenvalue weighted by Crippen LogP contribution is 2.12. The molecule has 9 nitrogen and oxygen atoms in total. The zero-order valence-corrected chi connectivity index (χ0v) is 13.8. The Bertz CT molecular complexity index is 958. The number of amides is 1. The number of anilines is 1. The number of carbonyl (C=O) groups excluding carboxylic acids is 1. The summed E-state index contributed by atoms with van der Waals surface area (Å²) >= 11 is 0. The molecule has 0 saturated heterocycles. The first kappa shape index (κ1) is 16.7. The van der Waals surface area contributed by atoms with E-state index in [1.807, 2.05) is 0 Å². The van der Waals surface area contributed by atoms with E-state index in [9.17, 15) is 13.2 Å². The van der Waals surface area contributed by atoms with Crippen LogP contribution in [0.2, 0.25) is 0 Å². The van der Waals surface area contributed by atoms with E-state index in [-0.39, 0.29) is 22.9 Å². The van der Waals surface area contributed by atoms with Crippen LogP contribution in [0.4, 0.5) is 5.82 Å². The number of carbonyl (C=O) groups is 1. The van der Waals surface area contributed by atoms with Crippen LogP contribution >= 0.6 is 0 Å². The molecule has 0 spiro atoms. The van der Waals surface area contributed by atoms with E-state index in [2.05, 4.69) is 25.4 Å². The van der Waals surface area contributed by atoms with Crippen molar-refractivity contribution >= 4 is 21.6 Å². The summed E-state index contributed by atoms with van der Waals surface area (Å²) < 4.78 is 25.8. The molecular formula is C15H14N6O3S. The van der Waals surface area contributed by atoms with Crippen molar-refractivity contribution in [2.75, 3.05) is 11.1 Å². The lowest BCUT2D eigenvalue weighted by Gasteiger charge is -2.07. The summed E-state index contributed by atoms with van der Waals surface area (Å²) in [4.78, 5) is 24.0. The Balaban J connectivity index is 1.63. The third-order valence-electron chi connectivity index (χ3n) is 3.27. The number of aromatic nitrogens is 5. The van der Waals surface area contributed by atoms with Gasteiger partial charge < -0.3 is 5.32 Å². The third kappa shape index (κ3) is 4.23. The first-order valence-corrected chi connectivity index (χ1v) is 8.94. The molecule has 1 amide bonds. The van der Waals surface area contributed by atoms with E-state index in [1.54, 1.807) is 18.2 Å². The molecule has 0 atom stereocenters. The van der Waals surface area contributed by atoms with Gasteiger partial charge in [-0.05, 0) is 12.1 Å². The topological polar surface area (TPSA) is 120 Å². The molecule has 0 unspecified atom stereocenters. The molecule has 2 heterocycles. The minimum absolute atomic E-state index is 0.181. The third-order valence-corrected chi connectivity index (χ3v) is 5.01. The summed E-state index contributed by atoms with van der Waals surface area (Å²) in [6.07, 6.45) is 3.91. The normalized spacial score (nSPS) is 11.2. The smallest absolute Gasteiger partial charge is 0.226 e. The summed E-state index contributed by atoms with van der Waals surface area (Å²) in [5.41, 5.74) is 0. The van der Waals surface area contributed by atoms with Gasteiger partial charge in [0.15, 0.2) is 15.7 Å². The Labute approximate surface area is 143 Å². The summed E-state index contributed by atoms with van der Waals surface area (Å²) in [6, 6.07) is 9.52. The van der Waals surface area contributed by atoms with Crippen molar-refractivity contribution in [2.24, 2.45) is 0 Å². The highest BCUT2D eigenvalue weighted by Gasteiger charge is 2.16. The van der Waals surface area contributed by atoms with Crippen molar-refractivity contribution in [1.82, 2.24) is 24.7 Å². The second-order valence-corrected chi connectivity index (χ2v) is 7.14. The molecule has 1 aromatic carbocycles. The van der Waals surface area contributed by atoms with Gasteiger partial charge in [-0.25, -0.2) is 28.1 Å². The zero-order chi connectivity index (χ0) is 17.7. The Morgan fingerprint density at radius 2 is 1.92 bits per heavy atom. The predicted octanol–water partition coefficient (Wildman–Crippen LogP) is 0.860. The summed E-state index contributed by atoms with van der Waals surface area (Å²) in [5, 5.41) is 6.48. The molecule has 0 aliphatic heterocycles. The molecule has 0 saturated carbocycles. The molecule has 3 aromatic rings. The second kappa shape index (κ2) is 7.18. The molecule has 0 fully saturated rings. The van der Waals surface area contributed by atoms with Crippen LogP contribution in [-0.4, -0.2) is 44.8 Å². The van der Waals surface area contributed by atoms with E-state index in [0.717, 1.165) is 0 Å². The van der Waals surface area contributed by atoms with Gasteiger partial charge in [-0.2, -0.15) is 5.10 Å². The number of benzene rings is 1. The molecule has 0 bridgehead atoms. The van der Waals surface area contributed by atoms with Gasteiger partial charge in [0.25, 0.3) is 0 Å². The van der Waals surface area contributed by atoms with Gasteiger partial charge in [-0.3, -0.25) is 4.79 Å². The van der Waals surface area contributed by atoms with Gasteiger partial charge in [0.05, 0.1) is 10.6 Å². The van der Waals surface area contributed by atoms with Gasteiger partial charge in [-0.1, -0.05) is 18.2 Å². The van der Waals surface area contributed by atoms with E-state index in [0.29, 0.717) is 5.82 Å². The average Bonchev–Trinajstić information content (AvgIpc) is 3.16. The van der Waals surface area contributed by atoms with Gasteiger partial charge in [-0.15, -0.1) is 0 Å².